The van der Waals surface area contributed by atoms with Crippen LogP contribution in [-0.4, -0.2) is 53.8 Å². The fourth-order valence-corrected chi connectivity index (χ4v) is 4.02. The molecule has 5 rings (SSSR count). The van der Waals surface area contributed by atoms with Gasteiger partial charge in [0.2, 0.25) is 0 Å². The third-order valence-electron chi connectivity index (χ3n) is 5.19. The smallest absolute Gasteiger partial charge is 0.267 e. The van der Waals surface area contributed by atoms with Crippen LogP contribution in [0.25, 0.3) is 5.52 Å². The summed E-state index contributed by atoms with van der Waals surface area (Å²) in [5, 5.41) is 17.5. The number of anilines is 1. The molecule has 3 aromatic rings. The third-order valence-corrected chi connectivity index (χ3v) is 5.48. The Kier molecular flexibility index (Phi) is 4.82. The Hall–Kier alpha value is -3.45. The van der Waals surface area contributed by atoms with Crippen molar-refractivity contribution in [3.8, 4) is 11.8 Å². The van der Waals surface area contributed by atoms with Gasteiger partial charge in [0.1, 0.15) is 35.6 Å². The Morgan fingerprint density at radius 2 is 2.03 bits per heavy atom. The van der Waals surface area contributed by atoms with Crippen LogP contribution in [0, 0.1) is 11.3 Å². The predicted octanol–water partition coefficient (Wildman–Crippen LogP) is 2.03. The van der Waals surface area contributed by atoms with E-state index in [1.165, 1.54) is 4.52 Å². The standard InChI is InChI=1S/C21H16ClN5O4/c22-17-7-12(31-11-13-9-24-5-6-30-13)10-26-18(17)16(8-23)19(25-26)27-20(28)14-3-1-2-4-15(14)21(27)29/h1-4,7,10,13,24H,5-6,9,11H2/t13-/m0/s1. The molecule has 2 aromatic heterocycles. The summed E-state index contributed by atoms with van der Waals surface area (Å²) in [5.74, 6) is -0.703. The SMILES string of the molecule is N#Cc1c(N2C(=O)c3ccccc3C2=O)nn2cc(OC[C@@H]3CNCCO3)cc(Cl)c12. The molecular weight excluding hydrogens is 422 g/mol. The maximum absolute atomic E-state index is 12.9. The Labute approximate surface area is 181 Å². The lowest BCUT2D eigenvalue weighted by Crippen LogP contribution is -2.41. The molecular formula is C21H16ClN5O4. The Bertz CT molecular complexity index is 1220. The number of nitriles is 1. The van der Waals surface area contributed by atoms with Gasteiger partial charge in [0.05, 0.1) is 29.0 Å². The van der Waals surface area contributed by atoms with E-state index in [2.05, 4.69) is 10.4 Å². The van der Waals surface area contributed by atoms with Crippen LogP contribution in [0.2, 0.25) is 5.02 Å². The molecule has 1 fully saturated rings. The van der Waals surface area contributed by atoms with Gasteiger partial charge >= 0.3 is 0 Å². The van der Waals surface area contributed by atoms with Gasteiger partial charge in [-0.3, -0.25) is 9.59 Å². The second-order valence-corrected chi connectivity index (χ2v) is 7.53. The summed E-state index contributed by atoms with van der Waals surface area (Å²) in [7, 11) is 0. The van der Waals surface area contributed by atoms with E-state index < -0.39 is 11.8 Å². The summed E-state index contributed by atoms with van der Waals surface area (Å²) < 4.78 is 12.8. The molecule has 2 aliphatic heterocycles. The van der Waals surface area contributed by atoms with E-state index in [1.807, 2.05) is 6.07 Å². The van der Waals surface area contributed by atoms with Crippen LogP contribution in [0.4, 0.5) is 5.82 Å². The van der Waals surface area contributed by atoms with E-state index in [0.717, 1.165) is 11.4 Å². The van der Waals surface area contributed by atoms with Crippen molar-refractivity contribution < 1.29 is 19.1 Å². The quantitative estimate of drug-likeness (QED) is 0.622. The molecule has 1 atom stereocenters. The molecule has 0 aliphatic carbocycles. The van der Waals surface area contributed by atoms with Gasteiger partial charge in [-0.1, -0.05) is 23.7 Å². The second kappa shape index (κ2) is 7.67. The fourth-order valence-electron chi connectivity index (χ4n) is 3.73. The normalized spacial score (nSPS) is 18.3. The van der Waals surface area contributed by atoms with E-state index in [1.54, 1.807) is 36.5 Å². The summed E-state index contributed by atoms with van der Waals surface area (Å²) >= 11 is 6.43. The van der Waals surface area contributed by atoms with Crippen LogP contribution >= 0.6 is 11.6 Å². The number of carbonyl (C=O) groups is 2. The van der Waals surface area contributed by atoms with Gasteiger partial charge in [-0.2, -0.15) is 5.26 Å². The number of nitrogens with one attached hydrogen (secondary N) is 1. The zero-order valence-electron chi connectivity index (χ0n) is 16.2. The highest BCUT2D eigenvalue weighted by molar-refractivity contribution is 6.36. The van der Waals surface area contributed by atoms with Crippen LogP contribution in [0.5, 0.6) is 5.75 Å². The van der Waals surface area contributed by atoms with Crippen molar-refractivity contribution in [3.63, 3.8) is 0 Å². The lowest BCUT2D eigenvalue weighted by atomic mass is 10.1. The molecule has 10 heteroatoms. The van der Waals surface area contributed by atoms with E-state index in [-0.39, 0.29) is 33.6 Å². The summed E-state index contributed by atoms with van der Waals surface area (Å²) in [4.78, 5) is 26.6. The average Bonchev–Trinajstić information content (AvgIpc) is 3.28. The number of hydrogen-bond donors (Lipinski definition) is 1. The van der Waals surface area contributed by atoms with Gasteiger partial charge in [0, 0.05) is 19.2 Å². The van der Waals surface area contributed by atoms with E-state index >= 15 is 0 Å². The molecule has 31 heavy (non-hydrogen) atoms. The number of fused-ring (bicyclic) bond motifs is 2. The summed E-state index contributed by atoms with van der Waals surface area (Å²) in [6, 6.07) is 10.1. The molecule has 4 heterocycles. The number of nitrogens with zero attached hydrogens (tertiary/aromatic N) is 4. The molecule has 9 nitrogen and oxygen atoms in total. The zero-order valence-corrected chi connectivity index (χ0v) is 16.9. The average molecular weight is 438 g/mol. The molecule has 0 radical (unpaired) electrons. The maximum atomic E-state index is 12.9. The largest absolute Gasteiger partial charge is 0.489 e. The molecule has 1 saturated heterocycles. The number of carbonyl (C=O) groups excluding carboxylic acids is 2. The Morgan fingerprint density at radius 3 is 2.68 bits per heavy atom. The Balaban J connectivity index is 1.51. The number of ether oxygens (including phenoxy) is 2. The molecule has 2 aliphatic rings. The van der Waals surface area contributed by atoms with E-state index in [0.29, 0.717) is 31.0 Å². The molecule has 0 saturated carbocycles. The predicted molar refractivity (Wildman–Crippen MR) is 111 cm³/mol. The zero-order chi connectivity index (χ0) is 21.5. The number of halogens is 1. The highest BCUT2D eigenvalue weighted by atomic mass is 35.5. The van der Waals surface area contributed by atoms with E-state index in [4.69, 9.17) is 21.1 Å². The first kappa shape index (κ1) is 19.5. The van der Waals surface area contributed by atoms with Crippen molar-refractivity contribution >= 4 is 34.7 Å². The molecule has 1 aromatic carbocycles. The molecule has 0 unspecified atom stereocenters. The van der Waals surface area contributed by atoms with Crippen molar-refractivity contribution in [1.29, 1.82) is 5.26 Å². The lowest BCUT2D eigenvalue weighted by molar-refractivity contribution is 0.0000992. The lowest BCUT2D eigenvalue weighted by Gasteiger charge is -2.23. The van der Waals surface area contributed by atoms with Gasteiger partial charge in [-0.15, -0.1) is 5.10 Å². The summed E-state index contributed by atoms with van der Waals surface area (Å²) in [5.41, 5.74) is 0.860. The molecule has 1 N–H and O–H groups in total. The first-order valence-electron chi connectivity index (χ1n) is 9.63. The first-order chi connectivity index (χ1) is 15.1. The Morgan fingerprint density at radius 1 is 1.29 bits per heavy atom. The van der Waals surface area contributed by atoms with Crippen LogP contribution in [-0.2, 0) is 4.74 Å². The number of imide groups is 1. The van der Waals surface area contributed by atoms with Crippen LogP contribution in [0.15, 0.2) is 36.5 Å². The van der Waals surface area contributed by atoms with Crippen LogP contribution in [0.3, 0.4) is 0 Å². The van der Waals surface area contributed by atoms with Crippen molar-refractivity contribution in [2.45, 2.75) is 6.10 Å². The van der Waals surface area contributed by atoms with Gasteiger partial charge < -0.3 is 14.8 Å². The van der Waals surface area contributed by atoms with Gasteiger partial charge in [-0.05, 0) is 12.1 Å². The number of amides is 2. The van der Waals surface area contributed by atoms with Crippen molar-refractivity contribution in [3.05, 3.63) is 58.2 Å². The second-order valence-electron chi connectivity index (χ2n) is 7.13. The van der Waals surface area contributed by atoms with Crippen LogP contribution < -0.4 is 15.0 Å². The van der Waals surface area contributed by atoms with Gasteiger partial charge in [0.25, 0.3) is 11.8 Å². The number of aromatic nitrogens is 2. The number of rotatable bonds is 4. The minimum Gasteiger partial charge on any atom is -0.489 e. The van der Waals surface area contributed by atoms with Crippen LogP contribution in [0.1, 0.15) is 26.3 Å². The minimum atomic E-state index is -0.532. The number of pyridine rings is 1. The maximum Gasteiger partial charge on any atom is 0.267 e. The minimum absolute atomic E-state index is 0.0332. The van der Waals surface area contributed by atoms with Crippen molar-refractivity contribution in [1.82, 2.24) is 14.9 Å². The summed E-state index contributed by atoms with van der Waals surface area (Å²) in [6.45, 7) is 2.41. The van der Waals surface area contributed by atoms with E-state index in [9.17, 15) is 14.9 Å². The third kappa shape index (κ3) is 3.21. The fraction of sp³-hybridized carbons (Fsp3) is 0.238. The molecule has 156 valence electrons. The number of benzene rings is 1. The topological polar surface area (TPSA) is 109 Å². The number of hydrogen-bond acceptors (Lipinski definition) is 7. The molecule has 0 spiro atoms. The molecule has 2 amide bonds. The molecule has 0 bridgehead atoms. The summed E-state index contributed by atoms with van der Waals surface area (Å²) in [6.07, 6.45) is 1.46. The highest BCUT2D eigenvalue weighted by Gasteiger charge is 2.39. The monoisotopic (exact) mass is 437 g/mol. The van der Waals surface area contributed by atoms with Gasteiger partial charge in [-0.25, -0.2) is 9.42 Å². The van der Waals surface area contributed by atoms with Gasteiger partial charge in [0.15, 0.2) is 5.82 Å². The van der Waals surface area contributed by atoms with Crippen molar-refractivity contribution in [2.24, 2.45) is 0 Å². The number of morpholine rings is 1. The first-order valence-corrected chi connectivity index (χ1v) is 10.0. The highest BCUT2D eigenvalue weighted by Crippen LogP contribution is 2.35. The van der Waals surface area contributed by atoms with Crippen molar-refractivity contribution in [2.75, 3.05) is 31.2 Å².